The van der Waals surface area contributed by atoms with Gasteiger partial charge in [-0.15, -0.1) is 0 Å². The summed E-state index contributed by atoms with van der Waals surface area (Å²) in [6.45, 7) is 5.81. The van der Waals surface area contributed by atoms with E-state index < -0.39 is 0 Å². The van der Waals surface area contributed by atoms with E-state index in [0.717, 1.165) is 18.6 Å². The van der Waals surface area contributed by atoms with Gasteiger partial charge in [-0.3, -0.25) is 0 Å². The second kappa shape index (κ2) is 6.76. The SMILES string of the molecule is CC1(C)CCC(OCCOc2cccc(C#N)c2)CC1. The van der Waals surface area contributed by atoms with Crippen molar-refractivity contribution >= 4 is 0 Å². The van der Waals surface area contributed by atoms with Crippen molar-refractivity contribution in [3.63, 3.8) is 0 Å². The van der Waals surface area contributed by atoms with Gasteiger partial charge >= 0.3 is 0 Å². The second-order valence-corrected chi connectivity index (χ2v) is 6.22. The summed E-state index contributed by atoms with van der Waals surface area (Å²) in [7, 11) is 0. The number of hydrogen-bond acceptors (Lipinski definition) is 3. The molecule has 0 N–H and O–H groups in total. The van der Waals surface area contributed by atoms with Crippen LogP contribution >= 0.6 is 0 Å². The lowest BCUT2D eigenvalue weighted by Gasteiger charge is -2.34. The number of rotatable bonds is 5. The van der Waals surface area contributed by atoms with Crippen LogP contribution in [0.1, 0.15) is 45.1 Å². The molecule has 0 atom stereocenters. The third-order valence-electron chi connectivity index (χ3n) is 3.95. The molecular weight excluding hydrogens is 250 g/mol. The van der Waals surface area contributed by atoms with Crippen molar-refractivity contribution in [3.8, 4) is 11.8 Å². The maximum Gasteiger partial charge on any atom is 0.120 e. The van der Waals surface area contributed by atoms with Crippen LogP contribution in [0.15, 0.2) is 24.3 Å². The fraction of sp³-hybridized carbons (Fsp3) is 0.588. The fourth-order valence-electron chi connectivity index (χ4n) is 2.57. The van der Waals surface area contributed by atoms with E-state index in [1.165, 1.54) is 12.8 Å². The molecule has 1 aliphatic rings. The molecule has 1 aromatic rings. The minimum absolute atomic E-state index is 0.386. The van der Waals surface area contributed by atoms with Crippen molar-refractivity contribution in [2.45, 2.75) is 45.6 Å². The first kappa shape index (κ1) is 14.9. The van der Waals surface area contributed by atoms with Gasteiger partial charge in [0.1, 0.15) is 12.4 Å². The molecule has 1 saturated carbocycles. The third-order valence-corrected chi connectivity index (χ3v) is 3.95. The summed E-state index contributed by atoms with van der Waals surface area (Å²) >= 11 is 0. The predicted molar refractivity (Wildman–Crippen MR) is 78.6 cm³/mol. The quantitative estimate of drug-likeness (QED) is 0.763. The first-order valence-corrected chi connectivity index (χ1v) is 7.34. The van der Waals surface area contributed by atoms with Crippen molar-refractivity contribution in [3.05, 3.63) is 29.8 Å². The Hall–Kier alpha value is -1.53. The van der Waals surface area contributed by atoms with E-state index in [4.69, 9.17) is 14.7 Å². The van der Waals surface area contributed by atoms with E-state index in [2.05, 4.69) is 19.9 Å². The fourth-order valence-corrected chi connectivity index (χ4v) is 2.57. The summed E-state index contributed by atoms with van der Waals surface area (Å²) in [5, 5.41) is 8.82. The smallest absolute Gasteiger partial charge is 0.120 e. The Labute approximate surface area is 121 Å². The van der Waals surface area contributed by atoms with Crippen LogP contribution in [-0.2, 0) is 4.74 Å². The standard InChI is InChI=1S/C17H23NO2/c1-17(2)8-6-15(7-9-17)19-10-11-20-16-5-3-4-14(12-16)13-18/h3-5,12,15H,6-11H2,1-2H3. The maximum atomic E-state index is 8.82. The van der Waals surface area contributed by atoms with Crippen LogP contribution in [0.5, 0.6) is 5.75 Å². The Morgan fingerprint density at radius 3 is 2.70 bits per heavy atom. The number of hydrogen-bond donors (Lipinski definition) is 0. The van der Waals surface area contributed by atoms with Gasteiger partial charge < -0.3 is 9.47 Å². The lowest BCUT2D eigenvalue weighted by Crippen LogP contribution is -2.27. The van der Waals surface area contributed by atoms with Crippen molar-refractivity contribution in [1.29, 1.82) is 5.26 Å². The Morgan fingerprint density at radius 1 is 1.25 bits per heavy atom. The molecular formula is C17H23NO2. The molecule has 0 saturated heterocycles. The third kappa shape index (κ3) is 4.54. The Balaban J connectivity index is 1.66. The van der Waals surface area contributed by atoms with Gasteiger partial charge in [0.2, 0.25) is 0 Å². The highest BCUT2D eigenvalue weighted by molar-refractivity contribution is 5.36. The van der Waals surface area contributed by atoms with Crippen molar-refractivity contribution < 1.29 is 9.47 Å². The molecule has 0 aromatic heterocycles. The highest BCUT2D eigenvalue weighted by Gasteiger charge is 2.26. The van der Waals surface area contributed by atoms with Crippen molar-refractivity contribution in [2.24, 2.45) is 5.41 Å². The molecule has 0 aliphatic heterocycles. The molecule has 20 heavy (non-hydrogen) atoms. The molecule has 2 rings (SSSR count). The number of ether oxygens (including phenoxy) is 2. The second-order valence-electron chi connectivity index (χ2n) is 6.22. The van der Waals surface area contributed by atoms with Gasteiger partial charge in [-0.05, 0) is 49.3 Å². The molecule has 108 valence electrons. The van der Waals surface area contributed by atoms with E-state index in [1.807, 2.05) is 12.1 Å². The molecule has 0 unspecified atom stereocenters. The van der Waals surface area contributed by atoms with E-state index in [9.17, 15) is 0 Å². The molecule has 0 amide bonds. The maximum absolute atomic E-state index is 8.82. The monoisotopic (exact) mass is 273 g/mol. The summed E-state index contributed by atoms with van der Waals surface area (Å²) in [4.78, 5) is 0. The Kier molecular flexibility index (Phi) is 5.03. The Morgan fingerprint density at radius 2 is 2.00 bits per heavy atom. The van der Waals surface area contributed by atoms with Crippen LogP contribution in [0.25, 0.3) is 0 Å². The molecule has 1 aromatic carbocycles. The van der Waals surface area contributed by atoms with Crippen LogP contribution in [0, 0.1) is 16.7 Å². The summed E-state index contributed by atoms with van der Waals surface area (Å²) in [5.74, 6) is 0.734. The first-order valence-electron chi connectivity index (χ1n) is 7.34. The largest absolute Gasteiger partial charge is 0.491 e. The lowest BCUT2D eigenvalue weighted by atomic mass is 9.76. The van der Waals surface area contributed by atoms with Crippen molar-refractivity contribution in [1.82, 2.24) is 0 Å². The van der Waals surface area contributed by atoms with Gasteiger partial charge in [-0.2, -0.15) is 5.26 Å². The minimum Gasteiger partial charge on any atom is -0.491 e. The molecule has 1 fully saturated rings. The topological polar surface area (TPSA) is 42.2 Å². The summed E-state index contributed by atoms with van der Waals surface area (Å²) < 4.78 is 11.5. The number of nitriles is 1. The van der Waals surface area contributed by atoms with E-state index in [1.54, 1.807) is 12.1 Å². The van der Waals surface area contributed by atoms with Crippen LogP contribution in [-0.4, -0.2) is 19.3 Å². The Bertz CT molecular complexity index is 466. The van der Waals surface area contributed by atoms with Gasteiger partial charge in [-0.25, -0.2) is 0 Å². The van der Waals surface area contributed by atoms with Crippen LogP contribution in [0.3, 0.4) is 0 Å². The zero-order chi connectivity index (χ0) is 14.4. The van der Waals surface area contributed by atoms with E-state index in [-0.39, 0.29) is 0 Å². The van der Waals surface area contributed by atoms with Crippen LogP contribution < -0.4 is 4.74 Å². The summed E-state index contributed by atoms with van der Waals surface area (Å²) in [6.07, 6.45) is 5.16. The summed E-state index contributed by atoms with van der Waals surface area (Å²) in [6, 6.07) is 9.33. The number of benzene rings is 1. The zero-order valence-electron chi connectivity index (χ0n) is 12.4. The van der Waals surface area contributed by atoms with Gasteiger partial charge in [0.15, 0.2) is 0 Å². The van der Waals surface area contributed by atoms with Gasteiger partial charge in [-0.1, -0.05) is 19.9 Å². The van der Waals surface area contributed by atoms with E-state index in [0.29, 0.717) is 30.3 Å². The highest BCUT2D eigenvalue weighted by atomic mass is 16.5. The zero-order valence-corrected chi connectivity index (χ0v) is 12.4. The van der Waals surface area contributed by atoms with Gasteiger partial charge in [0, 0.05) is 0 Å². The average Bonchev–Trinajstić information content (AvgIpc) is 2.45. The van der Waals surface area contributed by atoms with Gasteiger partial charge in [0.25, 0.3) is 0 Å². The van der Waals surface area contributed by atoms with Crippen LogP contribution in [0.2, 0.25) is 0 Å². The molecule has 0 bridgehead atoms. The number of nitrogens with zero attached hydrogens (tertiary/aromatic N) is 1. The highest BCUT2D eigenvalue weighted by Crippen LogP contribution is 2.36. The molecule has 3 nitrogen and oxygen atoms in total. The minimum atomic E-state index is 0.386. The van der Waals surface area contributed by atoms with E-state index >= 15 is 0 Å². The molecule has 0 spiro atoms. The predicted octanol–water partition coefficient (Wildman–Crippen LogP) is 3.92. The normalized spacial score (nSPS) is 18.4. The van der Waals surface area contributed by atoms with Gasteiger partial charge in [0.05, 0.1) is 24.3 Å². The summed E-state index contributed by atoms with van der Waals surface area (Å²) in [5.41, 5.74) is 1.10. The van der Waals surface area contributed by atoms with Crippen LogP contribution in [0.4, 0.5) is 0 Å². The first-order chi connectivity index (χ1) is 9.59. The molecule has 0 radical (unpaired) electrons. The molecule has 3 heteroatoms. The lowest BCUT2D eigenvalue weighted by molar-refractivity contribution is -0.00732. The molecule has 0 heterocycles. The van der Waals surface area contributed by atoms with Crippen molar-refractivity contribution in [2.75, 3.05) is 13.2 Å². The average molecular weight is 273 g/mol. The molecule has 1 aliphatic carbocycles.